The molecule has 116 valence electrons. The molecule has 0 saturated carbocycles. The molecule has 0 radical (unpaired) electrons. The number of fused-ring (bicyclic) bond motifs is 6. The van der Waals surface area contributed by atoms with Crippen molar-refractivity contribution in [3.63, 3.8) is 0 Å². The third-order valence-electron chi connectivity index (χ3n) is 5.10. The highest BCUT2D eigenvalue weighted by Gasteiger charge is 2.50. The van der Waals surface area contributed by atoms with Gasteiger partial charge in [-0.15, -0.1) is 0 Å². The molecular weight excluding hydrogens is 300 g/mol. The van der Waals surface area contributed by atoms with Crippen LogP contribution in [0.25, 0.3) is 0 Å². The first-order valence-electron chi connectivity index (χ1n) is 7.94. The van der Waals surface area contributed by atoms with Gasteiger partial charge in [0.2, 0.25) is 0 Å². The van der Waals surface area contributed by atoms with Gasteiger partial charge in [0.1, 0.15) is 17.2 Å². The highest BCUT2D eigenvalue weighted by Crippen LogP contribution is 2.57. The van der Waals surface area contributed by atoms with Gasteiger partial charge in [-0.05, 0) is 17.7 Å². The Morgan fingerprint density at radius 1 is 0.833 bits per heavy atom. The summed E-state index contributed by atoms with van der Waals surface area (Å²) in [5.41, 5.74) is 3.16. The monoisotopic (exact) mass is 314 g/mol. The van der Waals surface area contributed by atoms with Gasteiger partial charge < -0.3 is 9.84 Å². The lowest BCUT2D eigenvalue weighted by molar-refractivity contribution is 0.0983. The van der Waals surface area contributed by atoms with Crippen LogP contribution < -0.4 is 4.74 Å². The Bertz CT molecular complexity index is 1010. The summed E-state index contributed by atoms with van der Waals surface area (Å²) in [6.45, 7) is 0. The summed E-state index contributed by atoms with van der Waals surface area (Å²) in [5.74, 6) is 1.64. The van der Waals surface area contributed by atoms with Crippen LogP contribution in [-0.2, 0) is 5.41 Å². The van der Waals surface area contributed by atoms with Crippen molar-refractivity contribution in [2.45, 2.75) is 11.8 Å². The lowest BCUT2D eigenvalue weighted by Gasteiger charge is -2.37. The van der Waals surface area contributed by atoms with Gasteiger partial charge in [0, 0.05) is 29.2 Å². The zero-order chi connectivity index (χ0) is 16.3. The van der Waals surface area contributed by atoms with Gasteiger partial charge in [-0.25, -0.2) is 0 Å². The molecule has 0 saturated heterocycles. The molecule has 1 aliphatic heterocycles. The number of hydrogen-bond donors (Lipinski definition) is 1. The average molecular weight is 314 g/mol. The van der Waals surface area contributed by atoms with E-state index in [0.717, 1.165) is 28.0 Å². The van der Waals surface area contributed by atoms with E-state index in [1.54, 1.807) is 12.1 Å². The Balaban J connectivity index is 1.92. The number of ether oxygens (including phenoxy) is 1. The van der Waals surface area contributed by atoms with Crippen LogP contribution in [0.1, 0.15) is 33.5 Å². The van der Waals surface area contributed by atoms with Gasteiger partial charge in [0.25, 0.3) is 0 Å². The minimum Gasteiger partial charge on any atom is -0.508 e. The number of carbonyl (C=O) groups is 1. The average Bonchev–Trinajstić information content (AvgIpc) is 2.89. The van der Waals surface area contributed by atoms with Crippen LogP contribution in [0.15, 0.2) is 66.7 Å². The van der Waals surface area contributed by atoms with Crippen molar-refractivity contribution in [2.24, 2.45) is 0 Å². The van der Waals surface area contributed by atoms with Gasteiger partial charge in [0.05, 0.1) is 5.41 Å². The summed E-state index contributed by atoms with van der Waals surface area (Å²) in [5, 5.41) is 9.87. The summed E-state index contributed by atoms with van der Waals surface area (Å²) >= 11 is 0. The third kappa shape index (κ3) is 1.54. The molecule has 0 amide bonds. The summed E-state index contributed by atoms with van der Waals surface area (Å²) in [6, 6.07) is 20.8. The highest BCUT2D eigenvalue weighted by atomic mass is 16.5. The molecule has 3 aromatic carbocycles. The van der Waals surface area contributed by atoms with Gasteiger partial charge in [-0.2, -0.15) is 0 Å². The molecule has 2 aliphatic rings. The molecule has 1 N–H and O–H groups in total. The van der Waals surface area contributed by atoms with E-state index in [1.165, 1.54) is 0 Å². The van der Waals surface area contributed by atoms with Gasteiger partial charge in [-0.3, -0.25) is 4.79 Å². The molecule has 1 heterocycles. The molecule has 3 nitrogen and oxygen atoms in total. The molecular formula is C21H14O3. The van der Waals surface area contributed by atoms with E-state index >= 15 is 0 Å². The maximum atomic E-state index is 12.7. The minimum atomic E-state index is -0.550. The predicted molar refractivity (Wildman–Crippen MR) is 89.9 cm³/mol. The van der Waals surface area contributed by atoms with E-state index in [0.29, 0.717) is 12.2 Å². The third-order valence-corrected chi connectivity index (χ3v) is 5.10. The van der Waals surface area contributed by atoms with Gasteiger partial charge in [-0.1, -0.05) is 48.5 Å². The SMILES string of the molecule is O=C1CC2(c3ccccc3Oc3cc(O)ccc32)c2ccccc21. The molecule has 3 heteroatoms. The zero-order valence-electron chi connectivity index (χ0n) is 12.8. The van der Waals surface area contributed by atoms with Gasteiger partial charge in [0.15, 0.2) is 5.78 Å². The van der Waals surface area contributed by atoms with Crippen LogP contribution in [0.2, 0.25) is 0 Å². The van der Waals surface area contributed by atoms with E-state index in [4.69, 9.17) is 4.74 Å². The number of Topliss-reactive ketones (excluding diaryl/α,β-unsaturated/α-hetero) is 1. The van der Waals surface area contributed by atoms with Crippen LogP contribution in [0.4, 0.5) is 0 Å². The number of ketones is 1. The minimum absolute atomic E-state index is 0.140. The lowest BCUT2D eigenvalue weighted by Crippen LogP contribution is -2.30. The first kappa shape index (κ1) is 13.4. The molecule has 0 bridgehead atoms. The first-order valence-corrected chi connectivity index (χ1v) is 7.94. The van der Waals surface area contributed by atoms with Crippen molar-refractivity contribution in [3.8, 4) is 17.2 Å². The second kappa shape index (κ2) is 4.48. The molecule has 1 aliphatic carbocycles. The smallest absolute Gasteiger partial charge is 0.164 e. The second-order valence-corrected chi connectivity index (χ2v) is 6.33. The lowest BCUT2D eigenvalue weighted by atomic mass is 9.68. The van der Waals surface area contributed by atoms with E-state index in [2.05, 4.69) is 0 Å². The fourth-order valence-corrected chi connectivity index (χ4v) is 4.13. The van der Waals surface area contributed by atoms with Crippen molar-refractivity contribution in [2.75, 3.05) is 0 Å². The first-order chi connectivity index (χ1) is 11.7. The molecule has 1 spiro atoms. The Hall–Kier alpha value is -3.07. The van der Waals surface area contributed by atoms with Gasteiger partial charge >= 0.3 is 0 Å². The van der Waals surface area contributed by atoms with Crippen LogP contribution in [-0.4, -0.2) is 10.9 Å². The summed E-state index contributed by atoms with van der Waals surface area (Å²) in [4.78, 5) is 12.7. The second-order valence-electron chi connectivity index (χ2n) is 6.33. The Kier molecular flexibility index (Phi) is 2.50. The van der Waals surface area contributed by atoms with Crippen molar-refractivity contribution in [1.82, 2.24) is 0 Å². The fraction of sp³-hybridized carbons (Fsp3) is 0.0952. The van der Waals surface area contributed by atoms with E-state index in [9.17, 15) is 9.90 Å². The van der Waals surface area contributed by atoms with E-state index < -0.39 is 5.41 Å². The molecule has 5 rings (SSSR count). The standard InChI is InChI=1S/C21H14O3/c22-13-9-10-17-20(11-13)24-19-8-4-3-7-16(19)21(17)12-18(23)14-5-1-2-6-15(14)21/h1-11,22H,12H2. The van der Waals surface area contributed by atoms with Crippen molar-refractivity contribution in [1.29, 1.82) is 0 Å². The maximum Gasteiger partial charge on any atom is 0.164 e. The molecule has 1 atom stereocenters. The predicted octanol–water partition coefficient (Wildman–Crippen LogP) is 4.42. The number of para-hydroxylation sites is 1. The fourth-order valence-electron chi connectivity index (χ4n) is 4.13. The molecule has 24 heavy (non-hydrogen) atoms. The van der Waals surface area contributed by atoms with Crippen LogP contribution >= 0.6 is 0 Å². The summed E-state index contributed by atoms with van der Waals surface area (Å²) in [7, 11) is 0. The Morgan fingerprint density at radius 3 is 2.42 bits per heavy atom. The zero-order valence-corrected chi connectivity index (χ0v) is 12.8. The van der Waals surface area contributed by atoms with E-state index in [-0.39, 0.29) is 11.5 Å². The van der Waals surface area contributed by atoms with Crippen LogP contribution in [0.3, 0.4) is 0 Å². The molecule has 0 aromatic heterocycles. The van der Waals surface area contributed by atoms with Crippen molar-refractivity contribution >= 4 is 5.78 Å². The number of hydrogen-bond acceptors (Lipinski definition) is 3. The van der Waals surface area contributed by atoms with Crippen molar-refractivity contribution in [3.05, 3.63) is 89.0 Å². The number of aromatic hydroxyl groups is 1. The normalized spacial score (nSPS) is 20.2. The molecule has 3 aromatic rings. The highest BCUT2D eigenvalue weighted by molar-refractivity contribution is 6.04. The number of benzene rings is 3. The Morgan fingerprint density at radius 2 is 1.54 bits per heavy atom. The number of phenolic OH excluding ortho intramolecular Hbond substituents is 1. The van der Waals surface area contributed by atoms with E-state index in [1.807, 2.05) is 54.6 Å². The number of rotatable bonds is 0. The maximum absolute atomic E-state index is 12.7. The summed E-state index contributed by atoms with van der Waals surface area (Å²) in [6.07, 6.45) is 0.379. The quantitative estimate of drug-likeness (QED) is 0.668. The molecule has 0 fully saturated rings. The van der Waals surface area contributed by atoms with Crippen molar-refractivity contribution < 1.29 is 14.6 Å². The Labute approximate surface area is 139 Å². The van der Waals surface area contributed by atoms with Crippen LogP contribution in [0.5, 0.6) is 17.2 Å². The summed E-state index contributed by atoms with van der Waals surface area (Å²) < 4.78 is 6.02. The number of carbonyl (C=O) groups excluding carboxylic acids is 1. The topological polar surface area (TPSA) is 46.5 Å². The number of phenols is 1. The van der Waals surface area contributed by atoms with Crippen LogP contribution in [0, 0.1) is 0 Å². The molecule has 1 unspecified atom stereocenters. The largest absolute Gasteiger partial charge is 0.508 e.